The number of imidazole rings is 1. The molecule has 0 saturated carbocycles. The number of nitrogens with zero attached hydrogens (tertiary/aromatic N) is 2. The molecule has 5 heteroatoms. The number of hydrogen-bond acceptors (Lipinski definition) is 3. The molecule has 2 aromatic rings. The number of aromatic carboxylic acids is 1. The van der Waals surface area contributed by atoms with Crippen LogP contribution in [0.4, 0.5) is 0 Å². The highest BCUT2D eigenvalue weighted by Gasteiger charge is 2.07. The Bertz CT molecular complexity index is 534. The molecule has 0 radical (unpaired) electrons. The lowest BCUT2D eigenvalue weighted by Gasteiger charge is -2.04. The summed E-state index contributed by atoms with van der Waals surface area (Å²) in [5.41, 5.74) is 1.91. The van der Waals surface area contributed by atoms with Gasteiger partial charge in [-0.2, -0.15) is 0 Å². The molecule has 0 aliphatic heterocycles. The number of hydrogen-bond donors (Lipinski definition) is 1. The van der Waals surface area contributed by atoms with Gasteiger partial charge in [0.05, 0.1) is 6.61 Å². The van der Waals surface area contributed by atoms with Crippen molar-refractivity contribution >= 4 is 5.97 Å². The molecule has 0 unspecified atom stereocenters. The molecular formula is C12H12N2O3. The predicted octanol–water partition coefficient (Wildman–Crippen LogP) is 1.72. The maximum Gasteiger partial charge on any atom is 0.356 e. The van der Waals surface area contributed by atoms with Crippen LogP contribution in [0.2, 0.25) is 0 Å². The van der Waals surface area contributed by atoms with Crippen LogP contribution in [-0.2, 0) is 11.3 Å². The third-order valence-corrected chi connectivity index (χ3v) is 2.32. The van der Waals surface area contributed by atoms with Gasteiger partial charge in [-0.05, 0) is 17.7 Å². The van der Waals surface area contributed by atoms with Crippen molar-refractivity contribution < 1.29 is 14.6 Å². The van der Waals surface area contributed by atoms with Crippen molar-refractivity contribution in [2.75, 3.05) is 7.11 Å². The van der Waals surface area contributed by atoms with E-state index in [4.69, 9.17) is 9.84 Å². The molecule has 1 heterocycles. The van der Waals surface area contributed by atoms with E-state index in [2.05, 4.69) is 4.98 Å². The first-order chi connectivity index (χ1) is 8.20. The van der Waals surface area contributed by atoms with Crippen molar-refractivity contribution in [2.45, 2.75) is 6.61 Å². The van der Waals surface area contributed by atoms with Crippen LogP contribution in [0.3, 0.4) is 0 Å². The van der Waals surface area contributed by atoms with Gasteiger partial charge in [0.1, 0.15) is 6.33 Å². The summed E-state index contributed by atoms with van der Waals surface area (Å²) in [6.07, 6.45) is 2.96. The van der Waals surface area contributed by atoms with Crippen LogP contribution in [-0.4, -0.2) is 27.7 Å². The van der Waals surface area contributed by atoms with Crippen molar-refractivity contribution in [3.63, 3.8) is 0 Å². The Kier molecular flexibility index (Phi) is 3.20. The average Bonchev–Trinajstić information content (AvgIpc) is 2.79. The molecule has 0 fully saturated rings. The maximum absolute atomic E-state index is 10.7. The summed E-state index contributed by atoms with van der Waals surface area (Å²) >= 11 is 0. The highest BCUT2D eigenvalue weighted by Crippen LogP contribution is 2.12. The van der Waals surface area contributed by atoms with Crippen LogP contribution in [0, 0.1) is 0 Å². The van der Waals surface area contributed by atoms with Crippen molar-refractivity contribution in [2.24, 2.45) is 0 Å². The van der Waals surface area contributed by atoms with Crippen LogP contribution in [0.25, 0.3) is 5.69 Å². The van der Waals surface area contributed by atoms with Gasteiger partial charge in [0, 0.05) is 19.0 Å². The third kappa shape index (κ3) is 2.51. The monoisotopic (exact) mass is 232 g/mol. The lowest BCUT2D eigenvalue weighted by Crippen LogP contribution is -1.96. The fourth-order valence-electron chi connectivity index (χ4n) is 1.55. The second-order valence-corrected chi connectivity index (χ2v) is 3.57. The molecule has 0 saturated heterocycles. The number of methoxy groups -OCH3 is 1. The normalized spacial score (nSPS) is 10.4. The SMILES string of the molecule is COCc1cccc(-n2cnc(C(=O)O)c2)c1. The molecule has 1 N–H and O–H groups in total. The van der Waals surface area contributed by atoms with Crippen LogP contribution in [0.5, 0.6) is 0 Å². The van der Waals surface area contributed by atoms with E-state index < -0.39 is 5.97 Å². The van der Waals surface area contributed by atoms with Gasteiger partial charge >= 0.3 is 5.97 Å². The minimum atomic E-state index is -1.03. The van der Waals surface area contributed by atoms with E-state index in [1.807, 2.05) is 24.3 Å². The quantitative estimate of drug-likeness (QED) is 0.871. The number of ether oxygens (including phenoxy) is 1. The largest absolute Gasteiger partial charge is 0.476 e. The average molecular weight is 232 g/mol. The molecule has 88 valence electrons. The van der Waals surface area contributed by atoms with E-state index in [0.29, 0.717) is 6.61 Å². The molecule has 0 atom stereocenters. The van der Waals surface area contributed by atoms with E-state index in [1.165, 1.54) is 12.5 Å². The predicted molar refractivity (Wildman–Crippen MR) is 61.2 cm³/mol. The fourth-order valence-corrected chi connectivity index (χ4v) is 1.55. The van der Waals surface area contributed by atoms with Gasteiger partial charge < -0.3 is 14.4 Å². The van der Waals surface area contributed by atoms with Gasteiger partial charge in [-0.15, -0.1) is 0 Å². The Hall–Kier alpha value is -2.14. The number of aromatic nitrogens is 2. The molecule has 2 rings (SSSR count). The zero-order chi connectivity index (χ0) is 12.3. The minimum absolute atomic E-state index is 0.0298. The highest BCUT2D eigenvalue weighted by molar-refractivity contribution is 5.85. The summed E-state index contributed by atoms with van der Waals surface area (Å²) in [5, 5.41) is 8.79. The van der Waals surface area contributed by atoms with E-state index in [1.54, 1.807) is 11.7 Å². The van der Waals surface area contributed by atoms with E-state index in [9.17, 15) is 4.79 Å². The molecule has 0 bridgehead atoms. The van der Waals surface area contributed by atoms with Gasteiger partial charge in [0.15, 0.2) is 5.69 Å². The number of carboxylic acids is 1. The number of carboxylic acid groups (broad SMARTS) is 1. The zero-order valence-corrected chi connectivity index (χ0v) is 9.33. The van der Waals surface area contributed by atoms with Gasteiger partial charge in [0.2, 0.25) is 0 Å². The van der Waals surface area contributed by atoms with Crippen molar-refractivity contribution in [1.82, 2.24) is 9.55 Å². The van der Waals surface area contributed by atoms with Gasteiger partial charge in [-0.1, -0.05) is 12.1 Å². The summed E-state index contributed by atoms with van der Waals surface area (Å²) < 4.78 is 6.71. The van der Waals surface area contributed by atoms with Crippen LogP contribution < -0.4 is 0 Å². The Balaban J connectivity index is 2.31. The van der Waals surface area contributed by atoms with Crippen molar-refractivity contribution in [3.05, 3.63) is 48.0 Å². The molecule has 17 heavy (non-hydrogen) atoms. The lowest BCUT2D eigenvalue weighted by atomic mass is 10.2. The van der Waals surface area contributed by atoms with Gasteiger partial charge in [-0.3, -0.25) is 0 Å². The standard InChI is InChI=1S/C12H12N2O3/c1-17-7-9-3-2-4-10(5-9)14-6-11(12(15)16)13-8-14/h2-6,8H,7H2,1H3,(H,15,16). The zero-order valence-electron chi connectivity index (χ0n) is 9.33. The molecule has 0 amide bonds. The molecule has 5 nitrogen and oxygen atoms in total. The van der Waals surface area contributed by atoms with Crippen LogP contribution in [0.15, 0.2) is 36.8 Å². The number of carbonyl (C=O) groups is 1. The van der Waals surface area contributed by atoms with Gasteiger partial charge in [0.25, 0.3) is 0 Å². The first-order valence-corrected chi connectivity index (χ1v) is 5.06. The first-order valence-electron chi connectivity index (χ1n) is 5.06. The second-order valence-electron chi connectivity index (χ2n) is 3.57. The topological polar surface area (TPSA) is 64.4 Å². The summed E-state index contributed by atoms with van der Waals surface area (Å²) in [7, 11) is 1.63. The number of benzene rings is 1. The van der Waals surface area contributed by atoms with Crippen LogP contribution >= 0.6 is 0 Å². The molecular weight excluding hydrogens is 220 g/mol. The van der Waals surface area contributed by atoms with Crippen molar-refractivity contribution in [3.8, 4) is 5.69 Å². The lowest BCUT2D eigenvalue weighted by molar-refractivity contribution is 0.0691. The Labute approximate surface area is 98.3 Å². The molecule has 0 aliphatic carbocycles. The number of rotatable bonds is 4. The van der Waals surface area contributed by atoms with Gasteiger partial charge in [-0.25, -0.2) is 9.78 Å². The summed E-state index contributed by atoms with van der Waals surface area (Å²) in [5.74, 6) is -1.03. The minimum Gasteiger partial charge on any atom is -0.476 e. The van der Waals surface area contributed by atoms with Crippen molar-refractivity contribution in [1.29, 1.82) is 0 Å². The molecule has 0 aliphatic rings. The fraction of sp³-hybridized carbons (Fsp3) is 0.167. The smallest absolute Gasteiger partial charge is 0.356 e. The highest BCUT2D eigenvalue weighted by atomic mass is 16.5. The Morgan fingerprint density at radius 1 is 1.53 bits per heavy atom. The summed E-state index contributed by atoms with van der Waals surface area (Å²) in [6.45, 7) is 0.522. The Morgan fingerprint density at radius 3 is 3.00 bits per heavy atom. The summed E-state index contributed by atoms with van der Waals surface area (Å²) in [6, 6.07) is 7.65. The Morgan fingerprint density at radius 2 is 2.35 bits per heavy atom. The van der Waals surface area contributed by atoms with E-state index in [-0.39, 0.29) is 5.69 Å². The molecule has 1 aromatic carbocycles. The molecule has 1 aromatic heterocycles. The first kappa shape index (κ1) is 11.3. The maximum atomic E-state index is 10.7. The van der Waals surface area contributed by atoms with E-state index in [0.717, 1.165) is 11.3 Å². The summed E-state index contributed by atoms with van der Waals surface area (Å²) in [4.78, 5) is 14.5. The second kappa shape index (κ2) is 4.80. The van der Waals surface area contributed by atoms with Crippen LogP contribution in [0.1, 0.15) is 16.1 Å². The third-order valence-electron chi connectivity index (χ3n) is 2.32. The molecule has 0 spiro atoms. The van der Waals surface area contributed by atoms with E-state index >= 15 is 0 Å².